The number of carbonyl (C=O) groups excluding carboxylic acids is 2. The molecule has 0 aromatic heterocycles. The second-order valence-electron chi connectivity index (χ2n) is 5.82. The van der Waals surface area contributed by atoms with Crippen molar-refractivity contribution in [1.82, 2.24) is 4.90 Å². The molecule has 0 unspecified atom stereocenters. The van der Waals surface area contributed by atoms with Gasteiger partial charge in [0.2, 0.25) is 0 Å². The van der Waals surface area contributed by atoms with E-state index >= 15 is 0 Å². The fourth-order valence-electron chi connectivity index (χ4n) is 3.02. The Morgan fingerprint density at radius 1 is 1.18 bits per heavy atom. The largest absolute Gasteiger partial charge is 0.293 e. The Morgan fingerprint density at radius 3 is 2.64 bits per heavy atom. The minimum Gasteiger partial charge on any atom is -0.268 e. The highest BCUT2D eigenvalue weighted by Crippen LogP contribution is 2.35. The second kappa shape index (κ2) is 7.01. The highest BCUT2D eigenvalue weighted by atomic mass is 79.9. The van der Waals surface area contributed by atoms with E-state index in [0.29, 0.717) is 17.4 Å². The van der Waals surface area contributed by atoms with Gasteiger partial charge in [-0.2, -0.15) is 0 Å². The number of amides is 2. The average Bonchev–Trinajstić information content (AvgIpc) is 2.78. The number of hydrogen-bond acceptors (Lipinski definition) is 3. The minimum absolute atomic E-state index is 0.131. The van der Waals surface area contributed by atoms with E-state index in [4.69, 9.17) is 0 Å². The van der Waals surface area contributed by atoms with Gasteiger partial charge in [-0.15, -0.1) is 0 Å². The van der Waals surface area contributed by atoms with E-state index in [-0.39, 0.29) is 11.1 Å². The van der Waals surface area contributed by atoms with Crippen LogP contribution in [0.4, 0.5) is 4.79 Å². The second-order valence-corrected chi connectivity index (χ2v) is 7.67. The Labute approximate surface area is 143 Å². The molecule has 1 aromatic rings. The monoisotopic (exact) mass is 379 g/mol. The molecule has 22 heavy (non-hydrogen) atoms. The van der Waals surface area contributed by atoms with Gasteiger partial charge in [0.25, 0.3) is 11.1 Å². The topological polar surface area (TPSA) is 37.4 Å². The molecule has 0 atom stereocenters. The van der Waals surface area contributed by atoms with Crippen LogP contribution >= 0.6 is 27.7 Å². The summed E-state index contributed by atoms with van der Waals surface area (Å²) in [5, 5.41) is -0.131. The lowest BCUT2D eigenvalue weighted by molar-refractivity contribution is -0.123. The summed E-state index contributed by atoms with van der Waals surface area (Å²) in [5.74, 6) is 0.335. The Kier molecular flexibility index (Phi) is 5.03. The van der Waals surface area contributed by atoms with Crippen LogP contribution in [0.2, 0.25) is 0 Å². The van der Waals surface area contributed by atoms with E-state index in [2.05, 4.69) is 15.9 Å². The zero-order valence-corrected chi connectivity index (χ0v) is 14.7. The lowest BCUT2D eigenvalue weighted by atomic mass is 9.89. The summed E-state index contributed by atoms with van der Waals surface area (Å²) in [6, 6.07) is 7.70. The zero-order chi connectivity index (χ0) is 15.5. The van der Waals surface area contributed by atoms with Crippen LogP contribution in [0, 0.1) is 5.92 Å². The molecule has 5 heteroatoms. The smallest absolute Gasteiger partial charge is 0.268 e. The number of nitrogens with zero attached hydrogens (tertiary/aromatic N) is 1. The first-order chi connectivity index (χ1) is 10.6. The summed E-state index contributed by atoms with van der Waals surface area (Å²) in [6.07, 6.45) is 7.77. The molecule has 1 saturated heterocycles. The van der Waals surface area contributed by atoms with E-state index in [0.717, 1.165) is 34.6 Å². The van der Waals surface area contributed by atoms with Crippen molar-refractivity contribution in [2.24, 2.45) is 5.92 Å². The minimum atomic E-state index is -0.142. The van der Waals surface area contributed by atoms with Gasteiger partial charge in [0.05, 0.1) is 4.91 Å². The van der Waals surface area contributed by atoms with Gasteiger partial charge in [0, 0.05) is 11.0 Å². The number of benzene rings is 1. The standard InChI is InChI=1S/C17H18BrNO2S/c18-14-9-5-4-8-13(14)10-15-16(20)19(17(21)22-15)11-12-6-2-1-3-7-12/h4-5,8-10,12H,1-3,6-7,11H2/b15-10+. The molecule has 116 valence electrons. The highest BCUT2D eigenvalue weighted by Gasteiger charge is 2.36. The molecule has 1 aromatic carbocycles. The van der Waals surface area contributed by atoms with Gasteiger partial charge >= 0.3 is 0 Å². The first kappa shape index (κ1) is 15.8. The van der Waals surface area contributed by atoms with Gasteiger partial charge in [0.1, 0.15) is 0 Å². The molecular weight excluding hydrogens is 362 g/mol. The summed E-state index contributed by atoms with van der Waals surface area (Å²) < 4.78 is 0.925. The predicted octanol–water partition coefficient (Wildman–Crippen LogP) is 5.07. The first-order valence-electron chi connectivity index (χ1n) is 7.65. The van der Waals surface area contributed by atoms with Crippen molar-refractivity contribution in [1.29, 1.82) is 0 Å². The van der Waals surface area contributed by atoms with E-state index < -0.39 is 0 Å². The van der Waals surface area contributed by atoms with Crippen molar-refractivity contribution in [3.63, 3.8) is 0 Å². The lowest BCUT2D eigenvalue weighted by Crippen LogP contribution is -2.34. The molecule has 1 heterocycles. The Morgan fingerprint density at radius 2 is 1.91 bits per heavy atom. The van der Waals surface area contributed by atoms with Crippen LogP contribution < -0.4 is 0 Å². The van der Waals surface area contributed by atoms with E-state index in [1.165, 1.54) is 24.2 Å². The SMILES string of the molecule is O=C1S/C(=C/c2ccccc2Br)C(=O)N1CC1CCCCC1. The molecule has 1 aliphatic carbocycles. The van der Waals surface area contributed by atoms with Gasteiger partial charge < -0.3 is 0 Å². The van der Waals surface area contributed by atoms with Crippen LogP contribution in [0.3, 0.4) is 0 Å². The number of halogens is 1. The van der Waals surface area contributed by atoms with Crippen molar-refractivity contribution in [2.45, 2.75) is 32.1 Å². The maximum Gasteiger partial charge on any atom is 0.293 e. The van der Waals surface area contributed by atoms with Crippen LogP contribution in [0.1, 0.15) is 37.7 Å². The Balaban J connectivity index is 1.75. The van der Waals surface area contributed by atoms with E-state index in [1.54, 1.807) is 6.08 Å². The number of imide groups is 1. The van der Waals surface area contributed by atoms with Crippen LogP contribution in [0.25, 0.3) is 6.08 Å². The molecule has 0 radical (unpaired) electrons. The third-order valence-electron chi connectivity index (χ3n) is 4.23. The third-order valence-corrected chi connectivity index (χ3v) is 5.86. The van der Waals surface area contributed by atoms with E-state index in [1.807, 2.05) is 24.3 Å². The average molecular weight is 380 g/mol. The van der Waals surface area contributed by atoms with Gasteiger partial charge in [0.15, 0.2) is 0 Å². The van der Waals surface area contributed by atoms with Gasteiger partial charge in [-0.1, -0.05) is 53.4 Å². The number of rotatable bonds is 3. The summed E-state index contributed by atoms with van der Waals surface area (Å²) in [5.41, 5.74) is 0.922. The maximum absolute atomic E-state index is 12.5. The lowest BCUT2D eigenvalue weighted by Gasteiger charge is -2.25. The highest BCUT2D eigenvalue weighted by molar-refractivity contribution is 9.10. The number of thioether (sulfide) groups is 1. The van der Waals surface area contributed by atoms with Crippen molar-refractivity contribution in [2.75, 3.05) is 6.54 Å². The molecule has 2 amide bonds. The molecule has 0 spiro atoms. The van der Waals surface area contributed by atoms with Gasteiger partial charge in [-0.3, -0.25) is 14.5 Å². The molecule has 3 nitrogen and oxygen atoms in total. The summed E-state index contributed by atoms with van der Waals surface area (Å²) in [4.78, 5) is 26.6. The Bertz CT molecular complexity index is 623. The molecule has 3 rings (SSSR count). The molecule has 1 aliphatic heterocycles. The summed E-state index contributed by atoms with van der Waals surface area (Å²) in [7, 11) is 0. The molecule has 0 N–H and O–H groups in total. The summed E-state index contributed by atoms with van der Waals surface area (Å²) >= 11 is 4.52. The van der Waals surface area contributed by atoms with Crippen molar-refractivity contribution >= 4 is 44.9 Å². The van der Waals surface area contributed by atoms with Crippen LogP contribution in [0.15, 0.2) is 33.6 Å². The third kappa shape index (κ3) is 3.46. The molecule has 0 bridgehead atoms. The first-order valence-corrected chi connectivity index (χ1v) is 9.26. The van der Waals surface area contributed by atoms with Gasteiger partial charge in [-0.25, -0.2) is 0 Å². The van der Waals surface area contributed by atoms with Gasteiger partial charge in [-0.05, 0) is 48.2 Å². The fourth-order valence-corrected chi connectivity index (χ4v) is 4.26. The molecule has 2 fully saturated rings. The maximum atomic E-state index is 12.5. The van der Waals surface area contributed by atoms with Crippen LogP contribution in [-0.4, -0.2) is 22.6 Å². The number of hydrogen-bond donors (Lipinski definition) is 0. The van der Waals surface area contributed by atoms with Crippen LogP contribution in [0.5, 0.6) is 0 Å². The number of carbonyl (C=O) groups is 2. The molecule has 1 saturated carbocycles. The van der Waals surface area contributed by atoms with Crippen molar-refractivity contribution in [3.05, 3.63) is 39.2 Å². The zero-order valence-electron chi connectivity index (χ0n) is 12.3. The van der Waals surface area contributed by atoms with Crippen molar-refractivity contribution in [3.8, 4) is 0 Å². The van der Waals surface area contributed by atoms with Crippen LogP contribution in [-0.2, 0) is 4.79 Å². The summed E-state index contributed by atoms with van der Waals surface area (Å²) in [6.45, 7) is 0.581. The predicted molar refractivity (Wildman–Crippen MR) is 93.4 cm³/mol. The van der Waals surface area contributed by atoms with Crippen molar-refractivity contribution < 1.29 is 9.59 Å². The fraction of sp³-hybridized carbons (Fsp3) is 0.412. The molecule has 2 aliphatic rings. The quantitative estimate of drug-likeness (QED) is 0.688. The van der Waals surface area contributed by atoms with E-state index in [9.17, 15) is 9.59 Å². The normalized spacial score (nSPS) is 21.9. The Hall–Kier alpha value is -1.07. The molecular formula is C17H18BrNO2S.